The van der Waals surface area contributed by atoms with Crippen molar-refractivity contribution in [1.82, 2.24) is 9.88 Å². The highest BCUT2D eigenvalue weighted by atomic mass is 79.9. The van der Waals surface area contributed by atoms with Gasteiger partial charge in [0.15, 0.2) is 0 Å². The third kappa shape index (κ3) is 7.07. The summed E-state index contributed by atoms with van der Waals surface area (Å²) in [6.07, 6.45) is 2.87. The van der Waals surface area contributed by atoms with E-state index >= 15 is 0 Å². The number of pyridine rings is 1. The van der Waals surface area contributed by atoms with Crippen LogP contribution in [0.2, 0.25) is 0 Å². The molecule has 1 aliphatic heterocycles. The molecule has 3 N–H and O–H groups in total. The number of piperidine rings is 1. The Morgan fingerprint density at radius 2 is 2.04 bits per heavy atom. The molecule has 142 valence electrons. The number of anilines is 1. The first-order valence-electron chi connectivity index (χ1n) is 7.47. The number of carbonyl (C=O) groups excluding carboxylic acids is 2. The Hall–Kier alpha value is -0.930. The lowest BCUT2D eigenvalue weighted by Gasteiger charge is -2.32. The van der Waals surface area contributed by atoms with Gasteiger partial charge in [-0.2, -0.15) is 0 Å². The zero-order valence-corrected chi connectivity index (χ0v) is 17.0. The summed E-state index contributed by atoms with van der Waals surface area (Å²) in [7, 11) is 1.51. The van der Waals surface area contributed by atoms with Gasteiger partial charge < -0.3 is 20.7 Å². The van der Waals surface area contributed by atoms with Crippen molar-refractivity contribution >= 4 is 58.4 Å². The fraction of sp³-hybridized carbons (Fsp3) is 0.533. The van der Waals surface area contributed by atoms with E-state index in [2.05, 4.69) is 26.2 Å². The van der Waals surface area contributed by atoms with Crippen molar-refractivity contribution in [2.75, 3.05) is 32.1 Å². The maximum atomic E-state index is 12.3. The third-order valence-electron chi connectivity index (χ3n) is 3.82. The zero-order valence-electron chi connectivity index (χ0n) is 13.8. The molecule has 7 nitrogen and oxygen atoms in total. The summed E-state index contributed by atoms with van der Waals surface area (Å²) in [5.41, 5.74) is 5.76. The molecule has 0 aliphatic carbocycles. The molecule has 1 aliphatic rings. The number of aromatic nitrogens is 1. The number of nitrogens with zero attached hydrogens (tertiary/aromatic N) is 2. The average Bonchev–Trinajstić information content (AvgIpc) is 2.56. The van der Waals surface area contributed by atoms with Crippen molar-refractivity contribution in [2.45, 2.75) is 18.9 Å². The van der Waals surface area contributed by atoms with Crippen LogP contribution < -0.4 is 11.1 Å². The van der Waals surface area contributed by atoms with Gasteiger partial charge >= 0.3 is 0 Å². The quantitative estimate of drug-likeness (QED) is 0.702. The van der Waals surface area contributed by atoms with Gasteiger partial charge in [-0.15, -0.1) is 24.8 Å². The summed E-state index contributed by atoms with van der Waals surface area (Å²) < 4.78 is 5.76. The van der Waals surface area contributed by atoms with E-state index in [0.717, 1.165) is 4.47 Å². The number of hydrogen-bond donors (Lipinski definition) is 2. The van der Waals surface area contributed by atoms with Gasteiger partial charge in [0.25, 0.3) is 0 Å². The van der Waals surface area contributed by atoms with Crippen LogP contribution in [0.25, 0.3) is 0 Å². The first-order valence-corrected chi connectivity index (χ1v) is 8.26. The van der Waals surface area contributed by atoms with Crippen molar-refractivity contribution < 1.29 is 14.3 Å². The highest BCUT2D eigenvalue weighted by molar-refractivity contribution is 9.10. The van der Waals surface area contributed by atoms with Crippen LogP contribution in [-0.4, -0.2) is 54.5 Å². The number of likely N-dealkylation sites (tertiary alicyclic amines) is 1. The summed E-state index contributed by atoms with van der Waals surface area (Å²) in [5, 5.41) is 2.81. The number of ether oxygens (including phenoxy) is 1. The minimum absolute atomic E-state index is 0. The second-order valence-electron chi connectivity index (χ2n) is 5.51. The zero-order chi connectivity index (χ0) is 16.8. The maximum Gasteiger partial charge on any atom is 0.241 e. The Kier molecular flexibility index (Phi) is 11.2. The molecule has 25 heavy (non-hydrogen) atoms. The number of rotatable bonds is 5. The largest absolute Gasteiger partial charge is 0.383 e. The average molecular weight is 458 g/mol. The van der Waals surface area contributed by atoms with Gasteiger partial charge in [-0.3, -0.25) is 9.59 Å². The number of nitrogens with two attached hydrogens (primary N) is 1. The molecule has 1 aromatic heterocycles. The molecule has 0 saturated carbocycles. The molecule has 0 radical (unpaired) electrons. The molecule has 0 spiro atoms. The summed E-state index contributed by atoms with van der Waals surface area (Å²) in [6.45, 7) is 1.26. The molecule has 2 heterocycles. The fourth-order valence-electron chi connectivity index (χ4n) is 2.53. The SMILES string of the molecule is COCC(N)C(=O)N1CCC(C(=O)Nc2ccc(Br)cn2)CC1.Cl.Cl. The Labute approximate surface area is 168 Å². The second-order valence-corrected chi connectivity index (χ2v) is 6.43. The van der Waals surface area contributed by atoms with Gasteiger partial charge in [-0.25, -0.2) is 4.98 Å². The van der Waals surface area contributed by atoms with E-state index in [4.69, 9.17) is 10.5 Å². The highest BCUT2D eigenvalue weighted by Crippen LogP contribution is 2.20. The minimum atomic E-state index is -0.641. The summed E-state index contributed by atoms with van der Waals surface area (Å²) in [5.74, 6) is 0.218. The van der Waals surface area contributed by atoms with Crippen molar-refractivity contribution in [3.63, 3.8) is 0 Å². The molecule has 0 aromatic carbocycles. The number of halogens is 3. The standard InChI is InChI=1S/C15H21BrN4O3.2ClH/c1-23-9-12(17)15(22)20-6-4-10(5-7-20)14(21)19-13-3-2-11(16)8-18-13;;/h2-3,8,10,12H,4-7,9,17H2,1H3,(H,18,19,21);2*1H. The normalized spacial score (nSPS) is 15.6. The number of nitrogens with one attached hydrogen (secondary N) is 1. The third-order valence-corrected chi connectivity index (χ3v) is 4.29. The Bertz CT molecular complexity index is 554. The van der Waals surface area contributed by atoms with Crippen LogP contribution in [-0.2, 0) is 14.3 Å². The van der Waals surface area contributed by atoms with E-state index < -0.39 is 6.04 Å². The molecule has 0 bridgehead atoms. The van der Waals surface area contributed by atoms with Crippen molar-refractivity contribution in [3.05, 3.63) is 22.8 Å². The minimum Gasteiger partial charge on any atom is -0.383 e. The van der Waals surface area contributed by atoms with E-state index in [9.17, 15) is 9.59 Å². The Morgan fingerprint density at radius 1 is 1.40 bits per heavy atom. The smallest absolute Gasteiger partial charge is 0.241 e. The van der Waals surface area contributed by atoms with E-state index in [1.807, 2.05) is 6.07 Å². The second kappa shape index (κ2) is 11.6. The van der Waals surface area contributed by atoms with Crippen LogP contribution in [0.15, 0.2) is 22.8 Å². The summed E-state index contributed by atoms with van der Waals surface area (Å²) >= 11 is 3.30. The van der Waals surface area contributed by atoms with Crippen molar-refractivity contribution in [2.24, 2.45) is 11.7 Å². The molecular weight excluding hydrogens is 435 g/mol. The number of carbonyl (C=O) groups is 2. The fourth-order valence-corrected chi connectivity index (χ4v) is 2.76. The summed E-state index contributed by atoms with van der Waals surface area (Å²) in [6, 6.07) is 2.92. The van der Waals surface area contributed by atoms with E-state index in [1.54, 1.807) is 17.2 Å². The lowest BCUT2D eigenvalue weighted by Crippen LogP contribution is -2.49. The predicted molar refractivity (Wildman–Crippen MR) is 104 cm³/mol. The van der Waals surface area contributed by atoms with E-state index in [0.29, 0.717) is 31.7 Å². The van der Waals surface area contributed by atoms with Gasteiger partial charge in [0, 0.05) is 36.8 Å². The lowest BCUT2D eigenvalue weighted by molar-refractivity contribution is -0.136. The molecule has 1 aromatic rings. The molecular formula is C15H23BrCl2N4O3. The van der Waals surface area contributed by atoms with Crippen LogP contribution in [0.5, 0.6) is 0 Å². The van der Waals surface area contributed by atoms with E-state index in [-0.39, 0.29) is 49.2 Å². The van der Waals surface area contributed by atoms with Gasteiger partial charge in [-0.1, -0.05) is 0 Å². The Balaban J connectivity index is 0.00000288. The summed E-state index contributed by atoms with van der Waals surface area (Å²) in [4.78, 5) is 30.2. The predicted octanol–water partition coefficient (Wildman–Crippen LogP) is 1.84. The van der Waals surface area contributed by atoms with Gasteiger partial charge in [0.05, 0.1) is 6.61 Å². The maximum absolute atomic E-state index is 12.3. The van der Waals surface area contributed by atoms with Gasteiger partial charge in [0.2, 0.25) is 11.8 Å². The molecule has 2 amide bonds. The van der Waals surface area contributed by atoms with E-state index in [1.165, 1.54) is 7.11 Å². The topological polar surface area (TPSA) is 97.5 Å². The van der Waals surface area contributed by atoms with Crippen LogP contribution in [0.4, 0.5) is 5.82 Å². The Morgan fingerprint density at radius 3 is 2.56 bits per heavy atom. The van der Waals surface area contributed by atoms with Crippen LogP contribution >= 0.6 is 40.7 Å². The molecule has 1 unspecified atom stereocenters. The number of amides is 2. The molecule has 2 rings (SSSR count). The van der Waals surface area contributed by atoms with Crippen LogP contribution in [0.3, 0.4) is 0 Å². The number of methoxy groups -OCH3 is 1. The van der Waals surface area contributed by atoms with Crippen LogP contribution in [0.1, 0.15) is 12.8 Å². The van der Waals surface area contributed by atoms with Crippen molar-refractivity contribution in [1.29, 1.82) is 0 Å². The number of hydrogen-bond acceptors (Lipinski definition) is 5. The molecule has 1 fully saturated rings. The monoisotopic (exact) mass is 456 g/mol. The molecule has 1 atom stereocenters. The van der Waals surface area contributed by atoms with Gasteiger partial charge in [0.1, 0.15) is 11.9 Å². The molecule has 1 saturated heterocycles. The highest BCUT2D eigenvalue weighted by Gasteiger charge is 2.29. The van der Waals surface area contributed by atoms with Gasteiger partial charge in [-0.05, 0) is 40.9 Å². The molecule has 10 heteroatoms. The first kappa shape index (κ1) is 24.1. The van der Waals surface area contributed by atoms with Crippen molar-refractivity contribution in [3.8, 4) is 0 Å². The first-order chi connectivity index (χ1) is 11.0. The lowest BCUT2D eigenvalue weighted by atomic mass is 9.95. The van der Waals surface area contributed by atoms with Crippen LogP contribution in [0, 0.1) is 5.92 Å².